The first kappa shape index (κ1) is 12.4. The average molecular weight is 240 g/mol. The molecule has 2 aromatic carbocycles. The quantitative estimate of drug-likeness (QED) is 0.862. The van der Waals surface area contributed by atoms with Crippen molar-refractivity contribution in [1.82, 2.24) is 0 Å². The molecule has 0 spiro atoms. The Morgan fingerprint density at radius 1 is 1.00 bits per heavy atom. The van der Waals surface area contributed by atoms with Crippen LogP contribution in [0.25, 0.3) is 11.1 Å². The van der Waals surface area contributed by atoms with Crippen molar-refractivity contribution in [3.8, 4) is 11.1 Å². The molecule has 0 aromatic heterocycles. The molecule has 0 saturated carbocycles. The predicted octanol–water partition coefficient (Wildman–Crippen LogP) is 3.98. The highest BCUT2D eigenvalue weighted by Gasteiger charge is 2.16. The summed E-state index contributed by atoms with van der Waals surface area (Å²) in [5, 5.41) is 9.34. The Morgan fingerprint density at radius 2 is 1.61 bits per heavy atom. The summed E-state index contributed by atoms with van der Waals surface area (Å²) in [5.41, 5.74) is 5.17. The molecule has 0 aliphatic heterocycles. The number of aryl methyl sites for hydroxylation is 1. The van der Waals surface area contributed by atoms with Gasteiger partial charge in [-0.05, 0) is 48.6 Å². The summed E-state index contributed by atoms with van der Waals surface area (Å²) in [6, 6.07) is 11.9. The molecule has 0 heterocycles. The summed E-state index contributed by atoms with van der Waals surface area (Å²) >= 11 is 0. The summed E-state index contributed by atoms with van der Waals surface area (Å²) in [6.07, 6.45) is 0. The van der Waals surface area contributed by atoms with Crippen molar-refractivity contribution >= 4 is 5.97 Å². The second kappa shape index (κ2) is 4.65. The largest absolute Gasteiger partial charge is 0.478 e. The van der Waals surface area contributed by atoms with Gasteiger partial charge in [0.25, 0.3) is 0 Å². The zero-order valence-corrected chi connectivity index (χ0v) is 10.8. The van der Waals surface area contributed by atoms with E-state index in [2.05, 4.69) is 6.07 Å². The first-order chi connectivity index (χ1) is 8.52. The second-order valence-electron chi connectivity index (χ2n) is 4.54. The van der Waals surface area contributed by atoms with E-state index < -0.39 is 5.97 Å². The highest BCUT2D eigenvalue weighted by atomic mass is 16.4. The number of aromatic carboxylic acids is 1. The van der Waals surface area contributed by atoms with Crippen molar-refractivity contribution in [2.45, 2.75) is 20.8 Å². The maximum Gasteiger partial charge on any atom is 0.336 e. The van der Waals surface area contributed by atoms with Crippen LogP contribution in [0.15, 0.2) is 36.4 Å². The standard InChI is InChI=1S/C16H16O2/c1-10-9-14(13-7-5-4-6-8-13)12(3)15(11(10)2)16(17)18/h4-9H,1-3H3,(H,17,18). The van der Waals surface area contributed by atoms with E-state index >= 15 is 0 Å². The zero-order chi connectivity index (χ0) is 13.3. The van der Waals surface area contributed by atoms with E-state index in [1.165, 1.54) is 0 Å². The lowest BCUT2D eigenvalue weighted by Crippen LogP contribution is -2.06. The minimum Gasteiger partial charge on any atom is -0.478 e. The van der Waals surface area contributed by atoms with Crippen LogP contribution in [0, 0.1) is 20.8 Å². The Bertz CT molecular complexity index is 598. The lowest BCUT2D eigenvalue weighted by molar-refractivity contribution is 0.0695. The van der Waals surface area contributed by atoms with E-state index in [4.69, 9.17) is 0 Å². The van der Waals surface area contributed by atoms with E-state index in [0.29, 0.717) is 5.56 Å². The summed E-state index contributed by atoms with van der Waals surface area (Å²) in [4.78, 5) is 11.4. The summed E-state index contributed by atoms with van der Waals surface area (Å²) in [6.45, 7) is 5.69. The van der Waals surface area contributed by atoms with Crippen LogP contribution in [-0.4, -0.2) is 11.1 Å². The molecule has 2 aromatic rings. The second-order valence-corrected chi connectivity index (χ2v) is 4.54. The third-order valence-electron chi connectivity index (χ3n) is 3.41. The topological polar surface area (TPSA) is 37.3 Å². The van der Waals surface area contributed by atoms with Gasteiger partial charge in [-0.25, -0.2) is 4.79 Å². The normalized spacial score (nSPS) is 10.4. The van der Waals surface area contributed by atoms with E-state index in [1.807, 2.05) is 51.1 Å². The van der Waals surface area contributed by atoms with Gasteiger partial charge in [-0.1, -0.05) is 36.4 Å². The molecule has 0 aliphatic carbocycles. The monoisotopic (exact) mass is 240 g/mol. The lowest BCUT2D eigenvalue weighted by atomic mass is 9.90. The van der Waals surface area contributed by atoms with Crippen molar-refractivity contribution in [3.63, 3.8) is 0 Å². The molecule has 2 heteroatoms. The number of carboxylic acids is 1. The number of hydrogen-bond donors (Lipinski definition) is 1. The van der Waals surface area contributed by atoms with Gasteiger partial charge < -0.3 is 5.11 Å². The fraction of sp³-hybridized carbons (Fsp3) is 0.188. The van der Waals surface area contributed by atoms with E-state index in [0.717, 1.165) is 27.8 Å². The van der Waals surface area contributed by atoms with Crippen LogP contribution in [0.4, 0.5) is 0 Å². The molecule has 18 heavy (non-hydrogen) atoms. The third-order valence-corrected chi connectivity index (χ3v) is 3.41. The van der Waals surface area contributed by atoms with Crippen LogP contribution in [0.2, 0.25) is 0 Å². The Kier molecular flexibility index (Phi) is 3.19. The molecular formula is C16H16O2. The molecule has 0 saturated heterocycles. The number of benzene rings is 2. The van der Waals surface area contributed by atoms with Gasteiger partial charge in [0.2, 0.25) is 0 Å². The van der Waals surface area contributed by atoms with Gasteiger partial charge in [0.15, 0.2) is 0 Å². The zero-order valence-electron chi connectivity index (χ0n) is 10.8. The molecule has 0 amide bonds. The Hall–Kier alpha value is -2.09. The molecule has 0 atom stereocenters. The predicted molar refractivity (Wildman–Crippen MR) is 73.0 cm³/mol. The Morgan fingerprint density at radius 3 is 2.17 bits per heavy atom. The van der Waals surface area contributed by atoms with Crippen LogP contribution in [0.3, 0.4) is 0 Å². The van der Waals surface area contributed by atoms with Gasteiger partial charge in [0.05, 0.1) is 5.56 Å². The van der Waals surface area contributed by atoms with Crippen molar-refractivity contribution in [3.05, 3.63) is 58.7 Å². The molecule has 0 aliphatic rings. The van der Waals surface area contributed by atoms with E-state index in [1.54, 1.807) is 0 Å². The molecule has 1 N–H and O–H groups in total. The Labute approximate surface area is 107 Å². The van der Waals surface area contributed by atoms with Gasteiger partial charge in [0.1, 0.15) is 0 Å². The van der Waals surface area contributed by atoms with E-state index in [9.17, 15) is 9.90 Å². The summed E-state index contributed by atoms with van der Waals surface area (Å²) in [7, 11) is 0. The fourth-order valence-corrected chi connectivity index (χ4v) is 2.28. The smallest absolute Gasteiger partial charge is 0.336 e. The molecule has 0 unspecified atom stereocenters. The molecule has 0 radical (unpaired) electrons. The average Bonchev–Trinajstić information content (AvgIpc) is 2.34. The number of rotatable bonds is 2. The van der Waals surface area contributed by atoms with Crippen LogP contribution >= 0.6 is 0 Å². The number of hydrogen-bond acceptors (Lipinski definition) is 1. The fourth-order valence-electron chi connectivity index (χ4n) is 2.28. The van der Waals surface area contributed by atoms with Crippen LogP contribution < -0.4 is 0 Å². The molecule has 2 nitrogen and oxygen atoms in total. The van der Waals surface area contributed by atoms with Crippen LogP contribution in [0.1, 0.15) is 27.0 Å². The highest BCUT2D eigenvalue weighted by Crippen LogP contribution is 2.30. The number of carboxylic acid groups (broad SMARTS) is 1. The summed E-state index contributed by atoms with van der Waals surface area (Å²) < 4.78 is 0. The minimum absolute atomic E-state index is 0.425. The van der Waals surface area contributed by atoms with Gasteiger partial charge in [-0.15, -0.1) is 0 Å². The first-order valence-electron chi connectivity index (χ1n) is 5.92. The van der Waals surface area contributed by atoms with Gasteiger partial charge in [-0.3, -0.25) is 0 Å². The maximum atomic E-state index is 11.4. The van der Waals surface area contributed by atoms with E-state index in [-0.39, 0.29) is 0 Å². The SMILES string of the molecule is Cc1cc(-c2ccccc2)c(C)c(C(=O)O)c1C. The molecule has 92 valence electrons. The van der Waals surface area contributed by atoms with Gasteiger partial charge in [-0.2, -0.15) is 0 Å². The molecule has 2 rings (SSSR count). The Balaban J connectivity index is 2.75. The third kappa shape index (κ3) is 2.02. The molecule has 0 bridgehead atoms. The number of carbonyl (C=O) groups is 1. The molecule has 0 fully saturated rings. The van der Waals surface area contributed by atoms with Gasteiger partial charge in [0, 0.05) is 0 Å². The van der Waals surface area contributed by atoms with Crippen LogP contribution in [-0.2, 0) is 0 Å². The summed E-state index contributed by atoms with van der Waals surface area (Å²) in [5.74, 6) is -0.856. The van der Waals surface area contributed by atoms with Crippen LogP contribution in [0.5, 0.6) is 0 Å². The van der Waals surface area contributed by atoms with Gasteiger partial charge >= 0.3 is 5.97 Å². The minimum atomic E-state index is -0.856. The maximum absolute atomic E-state index is 11.4. The highest BCUT2D eigenvalue weighted by molar-refractivity contribution is 5.94. The lowest BCUT2D eigenvalue weighted by Gasteiger charge is -2.14. The molecular weight excluding hydrogens is 224 g/mol. The first-order valence-corrected chi connectivity index (χ1v) is 5.92. The van der Waals surface area contributed by atoms with Crippen molar-refractivity contribution in [2.75, 3.05) is 0 Å². The van der Waals surface area contributed by atoms with Crippen molar-refractivity contribution in [2.24, 2.45) is 0 Å². The van der Waals surface area contributed by atoms with Crippen molar-refractivity contribution < 1.29 is 9.90 Å². The van der Waals surface area contributed by atoms with Crippen molar-refractivity contribution in [1.29, 1.82) is 0 Å².